The van der Waals surface area contributed by atoms with Crippen LogP contribution in [-0.2, 0) is 13.0 Å². The average molecular weight is 501 g/mol. The number of fused-ring (bicyclic) bond motifs is 2. The number of hydrogen-bond acceptors (Lipinski definition) is 7. The van der Waals surface area contributed by atoms with Gasteiger partial charge in [-0.15, -0.1) is 0 Å². The van der Waals surface area contributed by atoms with Crippen LogP contribution in [-0.4, -0.2) is 68.8 Å². The summed E-state index contributed by atoms with van der Waals surface area (Å²) in [6.07, 6.45) is 3.00. The number of hydrogen-bond donors (Lipinski definition) is 1. The molecule has 1 atom stereocenters. The largest absolute Gasteiger partial charge is 0.475 e. The monoisotopic (exact) mass is 500 g/mol. The van der Waals surface area contributed by atoms with E-state index in [1.54, 1.807) is 6.07 Å². The fourth-order valence-electron chi connectivity index (χ4n) is 6.06. The second-order valence-corrected chi connectivity index (χ2v) is 10.3. The van der Waals surface area contributed by atoms with Gasteiger partial charge in [-0.1, -0.05) is 24.3 Å². The second kappa shape index (κ2) is 10.2. The van der Waals surface area contributed by atoms with Gasteiger partial charge in [0.2, 0.25) is 5.88 Å². The van der Waals surface area contributed by atoms with Crippen molar-refractivity contribution in [2.24, 2.45) is 0 Å². The number of halogens is 1. The normalized spacial score (nSPS) is 20.2. The molecule has 0 aliphatic carbocycles. The fourth-order valence-corrected chi connectivity index (χ4v) is 6.06. The van der Waals surface area contributed by atoms with E-state index in [-0.39, 0.29) is 5.82 Å². The van der Waals surface area contributed by atoms with Gasteiger partial charge in [-0.3, -0.25) is 0 Å². The number of likely N-dealkylation sites (tertiary alicyclic amines) is 1. The van der Waals surface area contributed by atoms with E-state index in [9.17, 15) is 9.65 Å². The Hall–Kier alpha value is -3.41. The van der Waals surface area contributed by atoms with Gasteiger partial charge in [0, 0.05) is 67.5 Å². The summed E-state index contributed by atoms with van der Waals surface area (Å²) in [4.78, 5) is 11.8. The van der Waals surface area contributed by atoms with Crippen LogP contribution in [0.15, 0.2) is 36.4 Å². The molecule has 2 fully saturated rings. The number of nitrogens with zero attached hydrogens (tertiary/aromatic N) is 5. The molecule has 2 aromatic carbocycles. The molecule has 0 saturated carbocycles. The molecule has 1 aromatic heterocycles. The van der Waals surface area contributed by atoms with Gasteiger partial charge in [-0.2, -0.15) is 10.2 Å². The minimum absolute atomic E-state index is 0.222. The molecule has 0 unspecified atom stereocenters. The van der Waals surface area contributed by atoms with Crippen LogP contribution in [0.4, 0.5) is 15.9 Å². The highest BCUT2D eigenvalue weighted by Crippen LogP contribution is 2.38. The summed E-state index contributed by atoms with van der Waals surface area (Å²) < 4.78 is 21.3. The topological polar surface area (TPSA) is 67.7 Å². The third-order valence-corrected chi connectivity index (χ3v) is 8.12. The van der Waals surface area contributed by atoms with Crippen LogP contribution in [0, 0.1) is 17.1 Å². The smallest absolute Gasteiger partial charge is 0.234 e. The summed E-state index contributed by atoms with van der Waals surface area (Å²) in [6.45, 7) is 6.40. The van der Waals surface area contributed by atoms with Crippen LogP contribution >= 0.6 is 0 Å². The molecular weight excluding hydrogens is 467 g/mol. The third-order valence-electron chi connectivity index (χ3n) is 8.12. The highest BCUT2D eigenvalue weighted by atomic mass is 19.1. The minimum Gasteiger partial charge on any atom is -0.475 e. The first kappa shape index (κ1) is 24.0. The van der Waals surface area contributed by atoms with E-state index < -0.39 is 0 Å². The number of pyridine rings is 1. The Balaban J connectivity index is 1.41. The average Bonchev–Trinajstić information content (AvgIpc) is 3.35. The van der Waals surface area contributed by atoms with Gasteiger partial charge in [-0.05, 0) is 50.4 Å². The summed E-state index contributed by atoms with van der Waals surface area (Å²) in [6, 6.07) is 13.9. The van der Waals surface area contributed by atoms with E-state index in [0.717, 1.165) is 86.5 Å². The van der Waals surface area contributed by atoms with Crippen LogP contribution in [0.25, 0.3) is 10.8 Å². The minimum atomic E-state index is -0.222. The number of nitriles is 1. The molecule has 0 bridgehead atoms. The number of piperazine rings is 1. The lowest BCUT2D eigenvalue weighted by atomic mass is 9.94. The van der Waals surface area contributed by atoms with Crippen LogP contribution in [0.1, 0.15) is 29.5 Å². The van der Waals surface area contributed by atoms with Gasteiger partial charge in [-0.25, -0.2) is 4.39 Å². The Morgan fingerprint density at radius 2 is 1.89 bits per heavy atom. The Morgan fingerprint density at radius 1 is 1.08 bits per heavy atom. The molecule has 8 heteroatoms. The van der Waals surface area contributed by atoms with Gasteiger partial charge < -0.3 is 24.8 Å². The van der Waals surface area contributed by atoms with Crippen LogP contribution in [0.5, 0.6) is 5.88 Å². The fraction of sp³-hybridized carbons (Fsp3) is 0.448. The van der Waals surface area contributed by atoms with E-state index in [4.69, 9.17) is 9.72 Å². The summed E-state index contributed by atoms with van der Waals surface area (Å²) in [5.74, 6) is 1.15. The number of likely N-dealkylation sites (N-methyl/N-ethyl adjacent to an activating group) is 1. The molecule has 0 radical (unpaired) electrons. The Morgan fingerprint density at radius 3 is 2.65 bits per heavy atom. The van der Waals surface area contributed by atoms with Gasteiger partial charge in [0.05, 0.1) is 0 Å². The highest BCUT2D eigenvalue weighted by molar-refractivity contribution is 5.95. The summed E-state index contributed by atoms with van der Waals surface area (Å²) in [5, 5.41) is 15.2. The molecular formula is C29H33FN6O. The Labute approximate surface area is 217 Å². The molecule has 3 aliphatic rings. The predicted octanol–water partition coefficient (Wildman–Crippen LogP) is 3.69. The quantitative estimate of drug-likeness (QED) is 0.573. The van der Waals surface area contributed by atoms with Gasteiger partial charge >= 0.3 is 0 Å². The number of nitrogens with one attached hydrogen (secondary N) is 1. The molecule has 0 amide bonds. The zero-order valence-electron chi connectivity index (χ0n) is 21.3. The van der Waals surface area contributed by atoms with Crippen molar-refractivity contribution in [3.05, 3.63) is 58.9 Å². The van der Waals surface area contributed by atoms with E-state index >= 15 is 0 Å². The maximum Gasteiger partial charge on any atom is 0.234 e. The van der Waals surface area contributed by atoms with Crippen LogP contribution in [0.3, 0.4) is 0 Å². The van der Waals surface area contributed by atoms with Crippen molar-refractivity contribution in [1.29, 1.82) is 5.26 Å². The second-order valence-electron chi connectivity index (χ2n) is 10.3. The molecule has 192 valence electrons. The van der Waals surface area contributed by atoms with Crippen molar-refractivity contribution in [2.75, 3.05) is 62.7 Å². The molecule has 4 heterocycles. The number of ether oxygens (including phenoxy) is 1. The number of rotatable bonds is 5. The van der Waals surface area contributed by atoms with Gasteiger partial charge in [0.15, 0.2) is 0 Å². The highest BCUT2D eigenvalue weighted by Gasteiger charge is 2.31. The maximum absolute atomic E-state index is 15.0. The molecule has 2 saturated heterocycles. The van der Waals surface area contributed by atoms with Gasteiger partial charge in [0.25, 0.3) is 0 Å². The van der Waals surface area contributed by atoms with E-state index in [2.05, 4.69) is 33.1 Å². The SMILES string of the molecule is CN1CCC[C@H]1COc1nc(N2CCNCC2)c2c(c1C#N)CN(c1cccc3cccc(F)c13)CC2. The van der Waals surface area contributed by atoms with Crippen molar-refractivity contribution in [2.45, 2.75) is 31.8 Å². The Bertz CT molecular complexity index is 1340. The molecule has 3 aromatic rings. The molecule has 0 spiro atoms. The first-order valence-corrected chi connectivity index (χ1v) is 13.3. The lowest BCUT2D eigenvalue weighted by Gasteiger charge is -2.36. The van der Waals surface area contributed by atoms with Crippen molar-refractivity contribution in [1.82, 2.24) is 15.2 Å². The number of aromatic nitrogens is 1. The molecule has 1 N–H and O–H groups in total. The van der Waals surface area contributed by atoms with Crippen LogP contribution < -0.4 is 19.9 Å². The first-order chi connectivity index (χ1) is 18.1. The lowest BCUT2D eigenvalue weighted by Crippen LogP contribution is -2.45. The lowest BCUT2D eigenvalue weighted by molar-refractivity contribution is 0.193. The summed E-state index contributed by atoms with van der Waals surface area (Å²) >= 11 is 0. The molecule has 3 aliphatic heterocycles. The number of benzene rings is 2. The van der Waals surface area contributed by atoms with Crippen LogP contribution in [0.2, 0.25) is 0 Å². The Kier molecular flexibility index (Phi) is 6.58. The van der Waals surface area contributed by atoms with Crippen molar-refractivity contribution in [3.63, 3.8) is 0 Å². The summed E-state index contributed by atoms with van der Waals surface area (Å²) in [5.41, 5.74) is 3.46. The van der Waals surface area contributed by atoms with Crippen molar-refractivity contribution < 1.29 is 9.13 Å². The predicted molar refractivity (Wildman–Crippen MR) is 144 cm³/mol. The molecule has 7 nitrogen and oxygen atoms in total. The van der Waals surface area contributed by atoms with Crippen molar-refractivity contribution >= 4 is 22.3 Å². The van der Waals surface area contributed by atoms with E-state index in [1.165, 1.54) is 6.07 Å². The zero-order chi connectivity index (χ0) is 25.4. The third kappa shape index (κ3) is 4.47. The zero-order valence-corrected chi connectivity index (χ0v) is 21.3. The molecule has 6 rings (SSSR count). The standard InChI is InChI=1S/C29H33FN6O/c1-34-13-4-7-21(34)19-37-29-23(17-31)24-18-36(26-9-3-6-20-5-2-8-25(30)27(20)26)14-10-22(24)28(33-29)35-15-11-32-12-16-35/h2-3,5-6,8-9,21,32H,4,7,10-16,18-19H2,1H3/t21-/m0/s1. The summed E-state index contributed by atoms with van der Waals surface area (Å²) in [7, 11) is 2.12. The maximum atomic E-state index is 15.0. The number of anilines is 2. The van der Waals surface area contributed by atoms with E-state index in [1.807, 2.05) is 24.3 Å². The molecule has 37 heavy (non-hydrogen) atoms. The first-order valence-electron chi connectivity index (χ1n) is 13.3. The van der Waals surface area contributed by atoms with Crippen molar-refractivity contribution in [3.8, 4) is 11.9 Å². The van der Waals surface area contributed by atoms with Gasteiger partial charge in [0.1, 0.15) is 29.9 Å². The van der Waals surface area contributed by atoms with E-state index in [0.29, 0.717) is 36.0 Å².